The molecule has 0 aliphatic rings. The van der Waals surface area contributed by atoms with Gasteiger partial charge in [0.25, 0.3) is 0 Å². The molecule has 0 unspecified atom stereocenters. The van der Waals surface area contributed by atoms with E-state index in [0.29, 0.717) is 0 Å². The van der Waals surface area contributed by atoms with Crippen LogP contribution in [0.15, 0.2) is 0 Å². The molecule has 0 saturated carbocycles. The van der Waals surface area contributed by atoms with Gasteiger partial charge in [0.2, 0.25) is 3.79 Å². The molecule has 13 heavy (non-hydrogen) atoms. The zero-order chi connectivity index (χ0) is 10.6. The normalized spacial score (nSPS) is 13.4. The van der Waals surface area contributed by atoms with E-state index in [4.69, 9.17) is 39.6 Å². The van der Waals surface area contributed by atoms with Crippen LogP contribution < -0.4 is 0 Å². The fourth-order valence-corrected chi connectivity index (χ4v) is 1.19. The molecule has 0 amide bonds. The van der Waals surface area contributed by atoms with Gasteiger partial charge < -0.3 is 0 Å². The smallest absolute Gasteiger partial charge is 0.215 e. The largest absolute Gasteiger partial charge is 0.294 e. The molecule has 0 aromatic rings. The van der Waals surface area contributed by atoms with Crippen molar-refractivity contribution in [1.82, 2.24) is 5.06 Å². The van der Waals surface area contributed by atoms with E-state index < -0.39 is 3.79 Å². The molecule has 0 rings (SSSR count). The summed E-state index contributed by atoms with van der Waals surface area (Å²) in [7, 11) is 0. The van der Waals surface area contributed by atoms with Crippen molar-refractivity contribution in [2.75, 3.05) is 6.61 Å². The molecule has 0 fully saturated rings. The van der Waals surface area contributed by atoms with E-state index in [-0.39, 0.29) is 18.7 Å². The highest BCUT2D eigenvalue weighted by molar-refractivity contribution is 6.67. The van der Waals surface area contributed by atoms with E-state index in [0.717, 1.165) is 0 Å². The Kier molecular flexibility index (Phi) is 5.96. The predicted octanol–water partition coefficient (Wildman–Crippen LogP) is 3.41. The fraction of sp³-hybridized carbons (Fsp3) is 1.00. The van der Waals surface area contributed by atoms with Crippen molar-refractivity contribution in [3.05, 3.63) is 0 Å². The van der Waals surface area contributed by atoms with Crippen molar-refractivity contribution in [1.29, 1.82) is 0 Å². The van der Waals surface area contributed by atoms with E-state index in [9.17, 15) is 0 Å². The predicted molar refractivity (Wildman–Crippen MR) is 58.4 cm³/mol. The van der Waals surface area contributed by atoms with Crippen molar-refractivity contribution in [3.8, 4) is 0 Å². The fourth-order valence-electron chi connectivity index (χ4n) is 1.04. The summed E-state index contributed by atoms with van der Waals surface area (Å²) in [6, 6.07) is 0.541. The quantitative estimate of drug-likeness (QED) is 0.558. The third-order valence-electron chi connectivity index (χ3n) is 1.40. The molecule has 0 bridgehead atoms. The number of hydrogen-bond donors (Lipinski definition) is 0. The van der Waals surface area contributed by atoms with Crippen molar-refractivity contribution >= 4 is 34.8 Å². The molecule has 0 N–H and O–H groups in total. The first-order valence-corrected chi connectivity index (χ1v) is 5.35. The van der Waals surface area contributed by atoms with E-state index in [2.05, 4.69) is 0 Å². The van der Waals surface area contributed by atoms with Crippen LogP contribution in [0.2, 0.25) is 0 Å². The number of alkyl halides is 3. The molecular weight excluding hydrogens is 232 g/mol. The van der Waals surface area contributed by atoms with Gasteiger partial charge in [-0.3, -0.25) is 4.84 Å². The summed E-state index contributed by atoms with van der Waals surface area (Å²) < 4.78 is -1.35. The number of nitrogens with zero attached hydrogens (tertiary/aromatic N) is 1. The highest BCUT2D eigenvalue weighted by atomic mass is 35.6. The van der Waals surface area contributed by atoms with Gasteiger partial charge in [0.1, 0.15) is 6.61 Å². The Labute approximate surface area is 95.0 Å². The number of halogens is 3. The van der Waals surface area contributed by atoms with Gasteiger partial charge in [-0.25, -0.2) is 0 Å². The van der Waals surface area contributed by atoms with Crippen LogP contribution in [-0.2, 0) is 4.84 Å². The Morgan fingerprint density at radius 3 is 1.69 bits per heavy atom. The average molecular weight is 249 g/mol. The zero-order valence-electron chi connectivity index (χ0n) is 8.35. The number of rotatable bonds is 4. The Morgan fingerprint density at radius 2 is 1.46 bits per heavy atom. The van der Waals surface area contributed by atoms with Crippen LogP contribution in [-0.4, -0.2) is 27.5 Å². The highest BCUT2D eigenvalue weighted by Gasteiger charge is 2.24. The minimum atomic E-state index is -1.35. The lowest BCUT2D eigenvalue weighted by Crippen LogP contribution is -2.39. The van der Waals surface area contributed by atoms with Crippen LogP contribution >= 0.6 is 34.8 Å². The lowest BCUT2D eigenvalue weighted by atomic mass is 10.3. The Bertz CT molecular complexity index is 137. The van der Waals surface area contributed by atoms with Crippen molar-refractivity contribution < 1.29 is 4.84 Å². The van der Waals surface area contributed by atoms with Crippen LogP contribution in [0.1, 0.15) is 27.7 Å². The molecule has 5 heteroatoms. The Hall–Kier alpha value is 0.790. The summed E-state index contributed by atoms with van der Waals surface area (Å²) in [6.07, 6.45) is 0. The molecule has 0 heterocycles. The molecule has 0 radical (unpaired) electrons. The van der Waals surface area contributed by atoms with Crippen LogP contribution in [0.25, 0.3) is 0 Å². The van der Waals surface area contributed by atoms with Gasteiger partial charge in [-0.1, -0.05) is 34.8 Å². The molecular formula is C8H16Cl3NO. The molecule has 0 aromatic heterocycles. The zero-order valence-corrected chi connectivity index (χ0v) is 10.6. The average Bonchev–Trinajstić information content (AvgIpc) is 1.82. The molecule has 0 aliphatic carbocycles. The molecule has 2 nitrogen and oxygen atoms in total. The highest BCUT2D eigenvalue weighted by Crippen LogP contribution is 2.26. The second-order valence-corrected chi connectivity index (χ2v) is 5.95. The third kappa shape index (κ3) is 6.81. The minimum Gasteiger partial charge on any atom is -0.294 e. The van der Waals surface area contributed by atoms with Gasteiger partial charge >= 0.3 is 0 Å². The van der Waals surface area contributed by atoms with E-state index in [1.165, 1.54) is 0 Å². The van der Waals surface area contributed by atoms with E-state index in [1.54, 1.807) is 0 Å². The molecule has 0 atom stereocenters. The first kappa shape index (κ1) is 13.8. The second kappa shape index (κ2) is 5.62. The second-order valence-electron chi connectivity index (χ2n) is 3.44. The molecule has 0 aromatic carbocycles. The number of hydroxylamine groups is 2. The van der Waals surface area contributed by atoms with Gasteiger partial charge in [-0.15, -0.1) is 0 Å². The Morgan fingerprint density at radius 1 is 1.08 bits per heavy atom. The van der Waals surface area contributed by atoms with Crippen LogP contribution in [0.4, 0.5) is 0 Å². The van der Waals surface area contributed by atoms with Crippen molar-refractivity contribution in [2.24, 2.45) is 0 Å². The first-order chi connectivity index (χ1) is 5.74. The summed E-state index contributed by atoms with van der Waals surface area (Å²) in [5.41, 5.74) is 0. The summed E-state index contributed by atoms with van der Waals surface area (Å²) >= 11 is 16.7. The maximum atomic E-state index is 5.57. The van der Waals surface area contributed by atoms with Gasteiger partial charge in [0, 0.05) is 12.1 Å². The van der Waals surface area contributed by atoms with Gasteiger partial charge in [-0.05, 0) is 27.7 Å². The minimum absolute atomic E-state index is 0.0774. The van der Waals surface area contributed by atoms with Crippen LogP contribution in [0, 0.1) is 0 Å². The summed E-state index contributed by atoms with van der Waals surface area (Å²) in [4.78, 5) is 5.37. The van der Waals surface area contributed by atoms with E-state index >= 15 is 0 Å². The lowest BCUT2D eigenvalue weighted by Gasteiger charge is -2.30. The van der Waals surface area contributed by atoms with Gasteiger partial charge in [0.15, 0.2) is 0 Å². The van der Waals surface area contributed by atoms with Crippen molar-refractivity contribution in [3.63, 3.8) is 0 Å². The topological polar surface area (TPSA) is 12.5 Å². The molecule has 80 valence electrons. The monoisotopic (exact) mass is 247 g/mol. The number of hydrogen-bond acceptors (Lipinski definition) is 2. The van der Waals surface area contributed by atoms with E-state index in [1.807, 2.05) is 32.8 Å². The molecule has 0 aliphatic heterocycles. The maximum Gasteiger partial charge on any atom is 0.215 e. The molecule has 0 spiro atoms. The van der Waals surface area contributed by atoms with Crippen molar-refractivity contribution in [2.45, 2.75) is 43.6 Å². The lowest BCUT2D eigenvalue weighted by molar-refractivity contribution is -0.197. The van der Waals surface area contributed by atoms with Crippen LogP contribution in [0.3, 0.4) is 0 Å². The first-order valence-electron chi connectivity index (χ1n) is 4.22. The summed E-state index contributed by atoms with van der Waals surface area (Å²) in [5.74, 6) is 0. The summed E-state index contributed by atoms with van der Waals surface area (Å²) in [5, 5.41) is 1.81. The maximum absolute atomic E-state index is 5.57. The van der Waals surface area contributed by atoms with Gasteiger partial charge in [0.05, 0.1) is 0 Å². The standard InChI is InChI=1S/C8H16Cl3NO/c1-6(2)12(7(3)4)13-5-8(9,10)11/h6-7H,5H2,1-4H3. The molecule has 0 saturated heterocycles. The van der Waals surface area contributed by atoms with Gasteiger partial charge in [-0.2, -0.15) is 5.06 Å². The third-order valence-corrected chi connectivity index (χ3v) is 1.72. The SMILES string of the molecule is CC(C)N(OCC(Cl)(Cl)Cl)C(C)C. The van der Waals surface area contributed by atoms with Crippen LogP contribution in [0.5, 0.6) is 0 Å². The summed E-state index contributed by atoms with van der Waals surface area (Å²) in [6.45, 7) is 8.18. The Balaban J connectivity index is 3.98.